The van der Waals surface area contributed by atoms with Gasteiger partial charge in [-0.25, -0.2) is 0 Å². The van der Waals surface area contributed by atoms with E-state index in [1.807, 2.05) is 0 Å². The number of nitrogens with one attached hydrogen (secondary N) is 2. The Morgan fingerprint density at radius 2 is 1.06 bits per heavy atom. The highest BCUT2D eigenvalue weighted by atomic mass is 16.7. The predicted molar refractivity (Wildman–Crippen MR) is 114 cm³/mol. The van der Waals surface area contributed by atoms with Crippen LogP contribution >= 0.6 is 0 Å². The van der Waals surface area contributed by atoms with E-state index < -0.39 is 11.9 Å². The first-order valence-electron chi connectivity index (χ1n) is 9.77. The van der Waals surface area contributed by atoms with E-state index in [1.165, 1.54) is 14.2 Å². The molecule has 0 saturated heterocycles. The van der Waals surface area contributed by atoms with Gasteiger partial charge in [0, 0.05) is 23.3 Å². The molecule has 10 heteroatoms. The van der Waals surface area contributed by atoms with Crippen molar-refractivity contribution in [3.63, 3.8) is 0 Å². The van der Waals surface area contributed by atoms with Gasteiger partial charge in [-0.05, 0) is 12.1 Å². The zero-order valence-electron chi connectivity index (χ0n) is 18.6. The molecule has 0 spiro atoms. The number of benzene rings is 2. The summed E-state index contributed by atoms with van der Waals surface area (Å²) in [4.78, 5) is 33.6. The van der Waals surface area contributed by atoms with E-state index in [1.54, 1.807) is 50.6 Å². The van der Waals surface area contributed by atoms with Gasteiger partial charge < -0.3 is 28.6 Å². The number of carbonyl (C=O) groups excluding carboxylic acids is 2. The first-order chi connectivity index (χ1) is 15.5. The summed E-state index contributed by atoms with van der Waals surface area (Å²) in [6, 6.07) is 10.6. The third-order valence-corrected chi connectivity index (χ3v) is 4.42. The smallest absolute Gasteiger partial charge is 0.325 e. The highest BCUT2D eigenvalue weighted by Gasteiger charge is 2.12. The number of rotatable bonds is 13. The van der Waals surface area contributed by atoms with Gasteiger partial charge >= 0.3 is 11.9 Å². The molecule has 0 aliphatic rings. The van der Waals surface area contributed by atoms with Gasteiger partial charge in [-0.2, -0.15) is 0 Å². The summed E-state index contributed by atoms with van der Waals surface area (Å²) >= 11 is 0. The van der Waals surface area contributed by atoms with Crippen LogP contribution in [-0.2, 0) is 32.4 Å². The van der Waals surface area contributed by atoms with E-state index in [4.69, 9.17) is 28.6 Å². The van der Waals surface area contributed by atoms with Crippen molar-refractivity contribution in [1.82, 2.24) is 11.0 Å². The van der Waals surface area contributed by atoms with Gasteiger partial charge in [0.1, 0.15) is 23.0 Å². The number of ether oxygens (including phenoxy) is 4. The van der Waals surface area contributed by atoms with Crippen LogP contribution in [0.4, 0.5) is 0 Å². The SMILES string of the molecule is COc1ccc(CNOC(=O)CCC(=O)ONCc2ccc(OC)cc2OC)c(OC)c1. The molecule has 2 aromatic carbocycles. The second kappa shape index (κ2) is 13.0. The summed E-state index contributed by atoms with van der Waals surface area (Å²) in [5, 5.41) is 0. The fourth-order valence-corrected chi connectivity index (χ4v) is 2.69. The van der Waals surface area contributed by atoms with Crippen LogP contribution in [0.3, 0.4) is 0 Å². The maximum atomic E-state index is 11.8. The zero-order chi connectivity index (χ0) is 23.3. The topological polar surface area (TPSA) is 114 Å². The second-order valence-electron chi connectivity index (χ2n) is 6.45. The maximum Gasteiger partial charge on any atom is 0.325 e. The Morgan fingerprint density at radius 3 is 1.41 bits per heavy atom. The van der Waals surface area contributed by atoms with Crippen LogP contribution in [0, 0.1) is 0 Å². The molecular formula is C22H28N2O8. The van der Waals surface area contributed by atoms with Gasteiger partial charge in [-0.1, -0.05) is 12.1 Å². The molecule has 0 aromatic heterocycles. The van der Waals surface area contributed by atoms with Crippen molar-refractivity contribution in [3.8, 4) is 23.0 Å². The lowest BCUT2D eigenvalue weighted by molar-refractivity contribution is -0.158. The van der Waals surface area contributed by atoms with Crippen molar-refractivity contribution >= 4 is 11.9 Å². The molecule has 0 bridgehead atoms. The highest BCUT2D eigenvalue weighted by molar-refractivity contribution is 5.77. The largest absolute Gasteiger partial charge is 0.497 e. The van der Waals surface area contributed by atoms with Crippen LogP contribution in [0.15, 0.2) is 36.4 Å². The summed E-state index contributed by atoms with van der Waals surface area (Å²) < 4.78 is 20.8. The first kappa shape index (κ1) is 24.8. The molecule has 174 valence electrons. The quantitative estimate of drug-likeness (QED) is 0.443. The number of hydrogen-bond acceptors (Lipinski definition) is 10. The lowest BCUT2D eigenvalue weighted by Gasteiger charge is -2.12. The zero-order valence-corrected chi connectivity index (χ0v) is 18.6. The summed E-state index contributed by atoms with van der Waals surface area (Å²) in [5.74, 6) is 1.31. The Kier molecular flexibility index (Phi) is 10.1. The lowest BCUT2D eigenvalue weighted by atomic mass is 10.2. The van der Waals surface area contributed by atoms with Crippen LogP contribution in [0.25, 0.3) is 0 Å². The fourth-order valence-electron chi connectivity index (χ4n) is 2.69. The molecule has 0 aliphatic heterocycles. The third-order valence-electron chi connectivity index (χ3n) is 4.42. The van der Waals surface area contributed by atoms with Gasteiger partial charge in [-0.15, -0.1) is 11.0 Å². The molecule has 0 amide bonds. The highest BCUT2D eigenvalue weighted by Crippen LogP contribution is 2.25. The van der Waals surface area contributed by atoms with E-state index in [0.717, 1.165) is 11.1 Å². The predicted octanol–water partition coefficient (Wildman–Crippen LogP) is 2.30. The Morgan fingerprint density at radius 1 is 0.656 bits per heavy atom. The van der Waals surface area contributed by atoms with Gasteiger partial charge in [0.25, 0.3) is 0 Å². The van der Waals surface area contributed by atoms with Gasteiger partial charge in [-0.3, -0.25) is 9.59 Å². The van der Waals surface area contributed by atoms with Crippen molar-refractivity contribution in [3.05, 3.63) is 47.5 Å². The third kappa shape index (κ3) is 7.64. The molecule has 0 aliphatic carbocycles. The monoisotopic (exact) mass is 448 g/mol. The van der Waals surface area contributed by atoms with Gasteiger partial charge in [0.05, 0.1) is 54.4 Å². The summed E-state index contributed by atoms with van der Waals surface area (Å²) in [7, 11) is 6.19. The van der Waals surface area contributed by atoms with Crippen LogP contribution in [0.1, 0.15) is 24.0 Å². The van der Waals surface area contributed by atoms with E-state index in [2.05, 4.69) is 11.0 Å². The van der Waals surface area contributed by atoms with Crippen LogP contribution in [0.5, 0.6) is 23.0 Å². The number of hydroxylamine groups is 2. The molecule has 0 heterocycles. The summed E-state index contributed by atoms with van der Waals surface area (Å²) in [6.45, 7) is 0.462. The summed E-state index contributed by atoms with van der Waals surface area (Å²) in [5.41, 5.74) is 6.68. The summed E-state index contributed by atoms with van der Waals surface area (Å²) in [6.07, 6.45) is -0.280. The minimum atomic E-state index is -0.591. The standard InChI is InChI=1S/C22H28N2O8/c1-27-17-7-5-15(19(11-17)29-3)13-23-31-21(25)9-10-22(26)32-24-14-16-6-8-18(28-2)12-20(16)30-4/h5-8,11-12,23-24H,9-10,13-14H2,1-4H3. The van der Waals surface area contributed by atoms with Crippen molar-refractivity contribution < 1.29 is 38.2 Å². The minimum Gasteiger partial charge on any atom is -0.497 e. The van der Waals surface area contributed by atoms with E-state index in [-0.39, 0.29) is 25.9 Å². The molecule has 2 aromatic rings. The molecule has 32 heavy (non-hydrogen) atoms. The van der Waals surface area contributed by atoms with Crippen LogP contribution in [0.2, 0.25) is 0 Å². The van der Waals surface area contributed by atoms with E-state index in [9.17, 15) is 9.59 Å². The van der Waals surface area contributed by atoms with Crippen LogP contribution in [-0.4, -0.2) is 40.4 Å². The first-order valence-corrected chi connectivity index (χ1v) is 9.77. The van der Waals surface area contributed by atoms with Crippen LogP contribution < -0.4 is 29.9 Å². The van der Waals surface area contributed by atoms with Crippen molar-refractivity contribution in [2.24, 2.45) is 0 Å². The average molecular weight is 448 g/mol. The molecule has 0 unspecified atom stereocenters. The Labute approximate surface area is 186 Å². The van der Waals surface area contributed by atoms with Gasteiger partial charge in [0.15, 0.2) is 0 Å². The van der Waals surface area contributed by atoms with Gasteiger partial charge in [0.2, 0.25) is 0 Å². The Hall–Kier alpha value is -3.50. The Bertz CT molecular complexity index is 830. The average Bonchev–Trinajstić information content (AvgIpc) is 2.82. The molecule has 2 N–H and O–H groups in total. The van der Waals surface area contributed by atoms with Crippen molar-refractivity contribution in [2.75, 3.05) is 28.4 Å². The lowest BCUT2D eigenvalue weighted by Crippen LogP contribution is -2.23. The fraction of sp³-hybridized carbons (Fsp3) is 0.364. The maximum absolute atomic E-state index is 11.8. The normalized spacial score (nSPS) is 10.2. The molecular weight excluding hydrogens is 420 g/mol. The molecule has 10 nitrogen and oxygen atoms in total. The number of methoxy groups -OCH3 is 4. The minimum absolute atomic E-state index is 0.140. The molecule has 0 atom stereocenters. The van der Waals surface area contributed by atoms with E-state index >= 15 is 0 Å². The number of hydrogen-bond donors (Lipinski definition) is 2. The molecule has 0 fully saturated rings. The second-order valence-corrected chi connectivity index (χ2v) is 6.45. The number of carbonyl (C=O) groups is 2. The van der Waals surface area contributed by atoms with Crippen molar-refractivity contribution in [2.45, 2.75) is 25.9 Å². The Balaban J connectivity index is 1.67. The molecule has 2 rings (SSSR count). The molecule has 0 radical (unpaired) electrons. The van der Waals surface area contributed by atoms with E-state index in [0.29, 0.717) is 23.0 Å². The molecule has 0 saturated carbocycles. The van der Waals surface area contributed by atoms with Crippen molar-refractivity contribution in [1.29, 1.82) is 0 Å².